The van der Waals surface area contributed by atoms with E-state index in [-0.39, 0.29) is 25.1 Å². The van der Waals surface area contributed by atoms with Gasteiger partial charge in [-0.2, -0.15) is 0 Å². The molecular weight excluding hydrogens is 240 g/mol. The summed E-state index contributed by atoms with van der Waals surface area (Å²) in [6, 6.07) is 13.4. The Bertz CT molecular complexity index is 494. The summed E-state index contributed by atoms with van der Waals surface area (Å²) in [4.78, 5) is 12.2. The molecule has 100 valence electrons. The average Bonchev–Trinajstić information content (AvgIpc) is 2.97. The summed E-state index contributed by atoms with van der Waals surface area (Å²) < 4.78 is 1.89. The van der Waals surface area contributed by atoms with Gasteiger partial charge in [-0.3, -0.25) is 4.79 Å². The van der Waals surface area contributed by atoms with Crippen LogP contribution in [0.15, 0.2) is 54.9 Å². The summed E-state index contributed by atoms with van der Waals surface area (Å²) in [5.74, 6) is -0.0749. The molecule has 4 heteroatoms. The van der Waals surface area contributed by atoms with Gasteiger partial charge in [0.05, 0.1) is 6.61 Å². The normalized spacial score (nSPS) is 12.1. The van der Waals surface area contributed by atoms with Gasteiger partial charge in [0, 0.05) is 25.4 Å². The average molecular weight is 258 g/mol. The molecule has 2 aromatic rings. The number of aromatic nitrogens is 1. The summed E-state index contributed by atoms with van der Waals surface area (Å²) in [5.41, 5.74) is 1.11. The molecule has 0 spiro atoms. The molecule has 2 N–H and O–H groups in total. The number of benzene rings is 1. The van der Waals surface area contributed by atoms with E-state index in [1.54, 1.807) is 0 Å². The third-order valence-corrected chi connectivity index (χ3v) is 2.97. The van der Waals surface area contributed by atoms with Crippen LogP contribution in [-0.2, 0) is 11.2 Å². The molecule has 2 rings (SSSR count). The molecule has 19 heavy (non-hydrogen) atoms. The van der Waals surface area contributed by atoms with E-state index < -0.39 is 0 Å². The van der Waals surface area contributed by atoms with Crippen LogP contribution < -0.4 is 5.32 Å². The molecule has 0 unspecified atom stereocenters. The van der Waals surface area contributed by atoms with Crippen molar-refractivity contribution in [2.45, 2.75) is 12.5 Å². The summed E-state index contributed by atoms with van der Waals surface area (Å²) in [6.07, 6.45) is 4.39. The Morgan fingerprint density at radius 2 is 1.84 bits per heavy atom. The summed E-state index contributed by atoms with van der Waals surface area (Å²) in [7, 11) is 0. The Hall–Kier alpha value is -2.07. The van der Waals surface area contributed by atoms with Gasteiger partial charge >= 0.3 is 0 Å². The van der Waals surface area contributed by atoms with Crippen molar-refractivity contribution in [3.05, 3.63) is 60.4 Å². The number of rotatable bonds is 6. The highest BCUT2D eigenvalue weighted by molar-refractivity contribution is 5.80. The first-order chi connectivity index (χ1) is 9.31. The summed E-state index contributed by atoms with van der Waals surface area (Å²) in [5, 5.41) is 11.5. The molecule has 0 radical (unpaired) electrons. The van der Waals surface area contributed by atoms with Crippen LogP contribution in [0.1, 0.15) is 11.6 Å². The highest BCUT2D eigenvalue weighted by Crippen LogP contribution is 2.15. The monoisotopic (exact) mass is 258 g/mol. The van der Waals surface area contributed by atoms with Crippen LogP contribution in [0.3, 0.4) is 0 Å². The maximum absolute atomic E-state index is 12.2. The predicted octanol–water partition coefficient (Wildman–Crippen LogP) is 1.38. The van der Waals surface area contributed by atoms with E-state index in [0.29, 0.717) is 6.42 Å². The second-order valence-corrected chi connectivity index (χ2v) is 4.35. The zero-order chi connectivity index (χ0) is 13.5. The van der Waals surface area contributed by atoms with Crippen LogP contribution in [0.5, 0.6) is 0 Å². The minimum atomic E-state index is -0.288. The zero-order valence-corrected chi connectivity index (χ0v) is 10.7. The maximum atomic E-state index is 12.2. The number of carbonyl (C=O) groups excluding carboxylic acids is 1. The number of carbonyl (C=O) groups is 1. The predicted molar refractivity (Wildman–Crippen MR) is 73.7 cm³/mol. The second-order valence-electron chi connectivity index (χ2n) is 4.35. The minimum absolute atomic E-state index is 0.0462. The summed E-state index contributed by atoms with van der Waals surface area (Å²) in [6.45, 7) is 0.237. The van der Waals surface area contributed by atoms with Crippen LogP contribution in [0, 0.1) is 0 Å². The van der Waals surface area contributed by atoms with Crippen molar-refractivity contribution in [2.24, 2.45) is 0 Å². The first-order valence-electron chi connectivity index (χ1n) is 6.36. The summed E-state index contributed by atoms with van der Waals surface area (Å²) >= 11 is 0. The van der Waals surface area contributed by atoms with Crippen molar-refractivity contribution in [3.8, 4) is 0 Å². The van der Waals surface area contributed by atoms with Gasteiger partial charge in [0.25, 0.3) is 0 Å². The van der Waals surface area contributed by atoms with E-state index in [2.05, 4.69) is 5.32 Å². The van der Waals surface area contributed by atoms with Crippen LogP contribution >= 0.6 is 0 Å². The highest BCUT2D eigenvalue weighted by Gasteiger charge is 2.19. The molecule has 1 atom stereocenters. The first-order valence-corrected chi connectivity index (χ1v) is 6.36. The van der Waals surface area contributed by atoms with E-state index in [0.717, 1.165) is 5.56 Å². The van der Waals surface area contributed by atoms with Gasteiger partial charge in [-0.25, -0.2) is 0 Å². The molecule has 0 aliphatic heterocycles. The SMILES string of the molecule is O=C(NCCO)[C@@H](Cc1ccccc1)n1cccc1. The van der Waals surface area contributed by atoms with E-state index in [1.807, 2.05) is 59.4 Å². The standard InChI is InChI=1S/C15H18N2O2/c18-11-8-16-15(19)14(17-9-4-5-10-17)12-13-6-2-1-3-7-13/h1-7,9-10,14,18H,8,11-12H2,(H,16,19)/t14-/m1/s1. The number of aliphatic hydroxyl groups excluding tert-OH is 1. The number of hydrogen-bond acceptors (Lipinski definition) is 2. The van der Waals surface area contributed by atoms with Gasteiger partial charge < -0.3 is 15.0 Å². The third kappa shape index (κ3) is 3.69. The molecule has 0 bridgehead atoms. The smallest absolute Gasteiger partial charge is 0.243 e. The van der Waals surface area contributed by atoms with Gasteiger partial charge in [-0.1, -0.05) is 30.3 Å². The van der Waals surface area contributed by atoms with E-state index in [9.17, 15) is 4.79 Å². The van der Waals surface area contributed by atoms with Crippen molar-refractivity contribution in [1.29, 1.82) is 0 Å². The molecule has 0 fully saturated rings. The first kappa shape index (κ1) is 13.4. The number of nitrogens with zero attached hydrogens (tertiary/aromatic N) is 1. The van der Waals surface area contributed by atoms with E-state index in [1.165, 1.54) is 0 Å². The lowest BCUT2D eigenvalue weighted by Crippen LogP contribution is -2.35. The quantitative estimate of drug-likeness (QED) is 0.822. The largest absolute Gasteiger partial charge is 0.395 e. The van der Waals surface area contributed by atoms with Crippen LogP contribution in [0.4, 0.5) is 0 Å². The zero-order valence-electron chi connectivity index (χ0n) is 10.7. The van der Waals surface area contributed by atoms with Crippen molar-refractivity contribution in [1.82, 2.24) is 9.88 Å². The van der Waals surface area contributed by atoms with Gasteiger partial charge in [-0.05, 0) is 17.7 Å². The molecule has 1 amide bonds. The lowest BCUT2D eigenvalue weighted by atomic mass is 10.1. The van der Waals surface area contributed by atoms with Crippen molar-refractivity contribution < 1.29 is 9.90 Å². The van der Waals surface area contributed by atoms with Gasteiger partial charge in [0.15, 0.2) is 0 Å². The molecule has 4 nitrogen and oxygen atoms in total. The number of hydrogen-bond donors (Lipinski definition) is 2. The molecular formula is C15H18N2O2. The Morgan fingerprint density at radius 3 is 2.47 bits per heavy atom. The molecule has 0 saturated carbocycles. The number of aliphatic hydroxyl groups is 1. The van der Waals surface area contributed by atoms with Crippen molar-refractivity contribution in [2.75, 3.05) is 13.2 Å². The van der Waals surface area contributed by atoms with Gasteiger partial charge in [-0.15, -0.1) is 0 Å². The Balaban J connectivity index is 2.13. The Labute approximate surface area is 112 Å². The van der Waals surface area contributed by atoms with Crippen LogP contribution in [0.25, 0.3) is 0 Å². The fraction of sp³-hybridized carbons (Fsp3) is 0.267. The lowest BCUT2D eigenvalue weighted by molar-refractivity contribution is -0.124. The molecule has 0 aliphatic carbocycles. The molecule has 1 aromatic heterocycles. The lowest BCUT2D eigenvalue weighted by Gasteiger charge is -2.18. The molecule has 0 saturated heterocycles. The van der Waals surface area contributed by atoms with Gasteiger partial charge in [0.1, 0.15) is 6.04 Å². The van der Waals surface area contributed by atoms with Crippen molar-refractivity contribution >= 4 is 5.91 Å². The molecule has 1 heterocycles. The Morgan fingerprint density at radius 1 is 1.16 bits per heavy atom. The number of amides is 1. The second kappa shape index (κ2) is 6.75. The van der Waals surface area contributed by atoms with Gasteiger partial charge in [0.2, 0.25) is 5.91 Å². The topological polar surface area (TPSA) is 54.3 Å². The minimum Gasteiger partial charge on any atom is -0.395 e. The third-order valence-electron chi connectivity index (χ3n) is 2.97. The number of nitrogens with one attached hydrogen (secondary N) is 1. The van der Waals surface area contributed by atoms with Crippen molar-refractivity contribution in [3.63, 3.8) is 0 Å². The van der Waals surface area contributed by atoms with Crippen LogP contribution in [0.2, 0.25) is 0 Å². The molecule has 1 aromatic carbocycles. The van der Waals surface area contributed by atoms with E-state index in [4.69, 9.17) is 5.11 Å². The maximum Gasteiger partial charge on any atom is 0.243 e. The van der Waals surface area contributed by atoms with E-state index >= 15 is 0 Å². The van der Waals surface area contributed by atoms with Crippen LogP contribution in [-0.4, -0.2) is 28.7 Å². The fourth-order valence-corrected chi connectivity index (χ4v) is 2.02. The Kier molecular flexibility index (Phi) is 4.75. The highest BCUT2D eigenvalue weighted by atomic mass is 16.3. The molecule has 0 aliphatic rings. The fourth-order valence-electron chi connectivity index (χ4n) is 2.02.